The number of anilines is 1. The van der Waals surface area contributed by atoms with E-state index in [1.54, 1.807) is 0 Å². The maximum absolute atomic E-state index is 12.7. The number of nitrogens with zero attached hydrogens (tertiary/aromatic N) is 1. The molecule has 1 aliphatic rings. The van der Waals surface area contributed by atoms with Gasteiger partial charge in [0.2, 0.25) is 0 Å². The molecule has 0 heterocycles. The zero-order chi connectivity index (χ0) is 14.9. The summed E-state index contributed by atoms with van der Waals surface area (Å²) in [6.45, 7) is 0. The molecule has 0 aromatic heterocycles. The first kappa shape index (κ1) is 16.0. The summed E-state index contributed by atoms with van der Waals surface area (Å²) in [5.74, 6) is 0. The zero-order valence-electron chi connectivity index (χ0n) is 11.1. The van der Waals surface area contributed by atoms with Crippen LogP contribution in [0.2, 0.25) is 0 Å². The number of hydrogen-bond acceptors (Lipinski definition) is 1. The fraction of sp³-hybridized carbons (Fsp3) is 0.571. The molecule has 6 heteroatoms. The summed E-state index contributed by atoms with van der Waals surface area (Å²) >= 11 is 9.59. The minimum atomic E-state index is -4.32. The highest BCUT2D eigenvalue weighted by Crippen LogP contribution is 2.37. The van der Waals surface area contributed by atoms with Crippen molar-refractivity contribution in [2.24, 2.45) is 0 Å². The van der Waals surface area contributed by atoms with Gasteiger partial charge in [0.05, 0.1) is 16.6 Å². The standard InChI is InChI=1S/C14H16BrClF3N/c1-20(13-5-3-2-4-11(13)16)12-7-6-9(8-10(12)15)14(17,18)19/h6-8,11,13H,2-5H2,1H3. The molecule has 2 rings (SSSR count). The smallest absolute Gasteiger partial charge is 0.369 e. The molecule has 20 heavy (non-hydrogen) atoms. The fourth-order valence-corrected chi connectivity index (χ4v) is 3.76. The van der Waals surface area contributed by atoms with Crippen LogP contribution in [0.15, 0.2) is 22.7 Å². The molecule has 0 radical (unpaired) electrons. The molecule has 1 saturated carbocycles. The van der Waals surface area contributed by atoms with Crippen LogP contribution >= 0.6 is 27.5 Å². The summed E-state index contributed by atoms with van der Waals surface area (Å²) in [5, 5.41) is 0.0444. The van der Waals surface area contributed by atoms with Crippen LogP contribution in [0.5, 0.6) is 0 Å². The first-order chi connectivity index (χ1) is 9.30. The Kier molecular flexibility index (Phi) is 4.90. The molecule has 0 amide bonds. The Balaban J connectivity index is 2.24. The van der Waals surface area contributed by atoms with Crippen LogP contribution in [0, 0.1) is 0 Å². The third-order valence-corrected chi connectivity index (χ3v) is 4.94. The summed E-state index contributed by atoms with van der Waals surface area (Å²) in [6.07, 6.45) is -0.171. The van der Waals surface area contributed by atoms with Crippen LogP contribution < -0.4 is 4.90 Å². The second-order valence-electron chi connectivity index (χ2n) is 5.14. The predicted octanol–water partition coefficient (Wildman–Crippen LogP) is 5.45. The first-order valence-electron chi connectivity index (χ1n) is 6.54. The lowest BCUT2D eigenvalue weighted by Crippen LogP contribution is -2.41. The zero-order valence-corrected chi connectivity index (χ0v) is 13.4. The van der Waals surface area contributed by atoms with Crippen molar-refractivity contribution in [2.45, 2.75) is 43.3 Å². The molecule has 0 bridgehead atoms. The number of rotatable bonds is 2. The van der Waals surface area contributed by atoms with Crippen LogP contribution in [-0.2, 0) is 6.18 Å². The highest BCUT2D eigenvalue weighted by atomic mass is 79.9. The van der Waals surface area contributed by atoms with E-state index in [9.17, 15) is 13.2 Å². The molecular weight excluding hydrogens is 355 g/mol. The van der Waals surface area contributed by atoms with Crippen LogP contribution in [0.1, 0.15) is 31.2 Å². The third-order valence-electron chi connectivity index (χ3n) is 3.80. The minimum Gasteiger partial charge on any atom is -0.369 e. The topological polar surface area (TPSA) is 3.24 Å². The molecule has 1 aromatic rings. The summed E-state index contributed by atoms with van der Waals surface area (Å²) < 4.78 is 38.4. The predicted molar refractivity (Wildman–Crippen MR) is 79.4 cm³/mol. The molecule has 2 unspecified atom stereocenters. The minimum absolute atomic E-state index is 0.0444. The van der Waals surface area contributed by atoms with E-state index in [1.165, 1.54) is 6.07 Å². The molecule has 2 atom stereocenters. The van der Waals surface area contributed by atoms with Crippen molar-refractivity contribution in [1.82, 2.24) is 0 Å². The van der Waals surface area contributed by atoms with E-state index < -0.39 is 11.7 Å². The van der Waals surface area contributed by atoms with Gasteiger partial charge in [0.1, 0.15) is 0 Å². The molecule has 0 saturated heterocycles. The molecule has 112 valence electrons. The Bertz CT molecular complexity index is 478. The Morgan fingerprint density at radius 2 is 1.90 bits per heavy atom. The monoisotopic (exact) mass is 369 g/mol. The third kappa shape index (κ3) is 3.42. The molecule has 0 spiro atoms. The van der Waals surface area contributed by atoms with Crippen molar-refractivity contribution in [2.75, 3.05) is 11.9 Å². The van der Waals surface area contributed by atoms with Crippen LogP contribution in [-0.4, -0.2) is 18.5 Å². The maximum atomic E-state index is 12.7. The average Bonchev–Trinajstić information content (AvgIpc) is 2.37. The number of hydrogen-bond donors (Lipinski definition) is 0. The molecule has 1 aliphatic carbocycles. The van der Waals surface area contributed by atoms with Crippen molar-refractivity contribution in [3.63, 3.8) is 0 Å². The number of benzene rings is 1. The Labute approximate surface area is 130 Å². The second kappa shape index (κ2) is 6.14. The summed E-state index contributed by atoms with van der Waals surface area (Å²) in [5.41, 5.74) is 0.100. The van der Waals surface area contributed by atoms with Gasteiger partial charge >= 0.3 is 6.18 Å². The quantitative estimate of drug-likeness (QED) is 0.625. The van der Waals surface area contributed by atoms with Gasteiger partial charge in [0.15, 0.2) is 0 Å². The molecule has 1 aromatic carbocycles. The van der Waals surface area contributed by atoms with E-state index in [0.29, 0.717) is 4.47 Å². The second-order valence-corrected chi connectivity index (χ2v) is 6.56. The maximum Gasteiger partial charge on any atom is 0.416 e. The summed E-state index contributed by atoms with van der Waals surface area (Å²) in [7, 11) is 1.89. The van der Waals surface area contributed by atoms with Crippen molar-refractivity contribution >= 4 is 33.2 Å². The van der Waals surface area contributed by atoms with Crippen molar-refractivity contribution in [1.29, 1.82) is 0 Å². The average molecular weight is 371 g/mol. The largest absolute Gasteiger partial charge is 0.416 e. The van der Waals surface area contributed by atoms with Gasteiger partial charge < -0.3 is 4.90 Å². The summed E-state index contributed by atoms with van der Waals surface area (Å²) in [4.78, 5) is 1.99. The molecule has 0 aliphatic heterocycles. The van der Waals surface area contributed by atoms with Gasteiger partial charge in [0.25, 0.3) is 0 Å². The van der Waals surface area contributed by atoms with Gasteiger partial charge in [-0.05, 0) is 47.0 Å². The Hall–Kier alpha value is -0.420. The molecule has 1 fully saturated rings. The number of alkyl halides is 4. The lowest BCUT2D eigenvalue weighted by atomic mass is 9.93. The van der Waals surface area contributed by atoms with Crippen molar-refractivity contribution in [3.05, 3.63) is 28.2 Å². The van der Waals surface area contributed by atoms with E-state index in [4.69, 9.17) is 11.6 Å². The van der Waals surface area contributed by atoms with Crippen LogP contribution in [0.4, 0.5) is 18.9 Å². The van der Waals surface area contributed by atoms with Gasteiger partial charge in [0, 0.05) is 17.6 Å². The lowest BCUT2D eigenvalue weighted by Gasteiger charge is -2.37. The fourth-order valence-electron chi connectivity index (χ4n) is 2.65. The van der Waals surface area contributed by atoms with Gasteiger partial charge in [-0.25, -0.2) is 0 Å². The van der Waals surface area contributed by atoms with E-state index in [0.717, 1.165) is 43.5 Å². The van der Waals surface area contributed by atoms with Gasteiger partial charge in [-0.1, -0.05) is 12.8 Å². The van der Waals surface area contributed by atoms with Crippen LogP contribution in [0.3, 0.4) is 0 Å². The van der Waals surface area contributed by atoms with Crippen molar-refractivity contribution < 1.29 is 13.2 Å². The molecule has 1 nitrogen and oxygen atoms in total. The highest BCUT2D eigenvalue weighted by molar-refractivity contribution is 9.10. The van der Waals surface area contributed by atoms with Gasteiger partial charge in [-0.2, -0.15) is 13.2 Å². The van der Waals surface area contributed by atoms with Gasteiger partial charge in [-0.15, -0.1) is 11.6 Å². The molecule has 0 N–H and O–H groups in total. The first-order valence-corrected chi connectivity index (χ1v) is 7.77. The molecular formula is C14H16BrClF3N. The van der Waals surface area contributed by atoms with E-state index in [2.05, 4.69) is 15.9 Å². The normalized spacial score (nSPS) is 23.7. The lowest BCUT2D eigenvalue weighted by molar-refractivity contribution is -0.137. The van der Waals surface area contributed by atoms with Crippen molar-refractivity contribution in [3.8, 4) is 0 Å². The summed E-state index contributed by atoms with van der Waals surface area (Å²) in [6, 6.07) is 3.91. The Morgan fingerprint density at radius 1 is 1.25 bits per heavy atom. The van der Waals surface area contributed by atoms with E-state index >= 15 is 0 Å². The highest BCUT2D eigenvalue weighted by Gasteiger charge is 2.32. The number of halogens is 5. The van der Waals surface area contributed by atoms with E-state index in [1.807, 2.05) is 11.9 Å². The van der Waals surface area contributed by atoms with Gasteiger partial charge in [-0.3, -0.25) is 0 Å². The van der Waals surface area contributed by atoms with E-state index in [-0.39, 0.29) is 11.4 Å². The van der Waals surface area contributed by atoms with Crippen LogP contribution in [0.25, 0.3) is 0 Å². The Morgan fingerprint density at radius 3 is 2.45 bits per heavy atom. The SMILES string of the molecule is CN(c1ccc(C(F)(F)F)cc1Br)C1CCCCC1Cl.